The van der Waals surface area contributed by atoms with Crippen LogP contribution in [0.15, 0.2) is 23.2 Å². The van der Waals surface area contributed by atoms with Crippen LogP contribution in [0.1, 0.15) is 27.7 Å². The third-order valence-corrected chi connectivity index (χ3v) is 5.95. The Morgan fingerprint density at radius 1 is 1.26 bits per heavy atom. The molecule has 1 aromatic heterocycles. The van der Waals surface area contributed by atoms with Crippen molar-refractivity contribution in [3.63, 3.8) is 0 Å². The highest BCUT2D eigenvalue weighted by molar-refractivity contribution is 7.89. The number of rotatable bonds is 4. The number of sulfonamides is 1. The molecule has 0 amide bonds. The smallest absolute Gasteiger partial charge is 0.244 e. The first-order valence-electron chi connectivity index (χ1n) is 6.08. The Morgan fingerprint density at radius 2 is 1.84 bits per heavy atom. The van der Waals surface area contributed by atoms with Crippen LogP contribution in [0.4, 0.5) is 5.82 Å². The van der Waals surface area contributed by atoms with Crippen molar-refractivity contribution in [1.82, 2.24) is 9.71 Å². The van der Waals surface area contributed by atoms with E-state index >= 15 is 0 Å². The van der Waals surface area contributed by atoms with Crippen molar-refractivity contribution in [2.45, 2.75) is 38.6 Å². The Kier molecular flexibility index (Phi) is 3.11. The molecule has 19 heavy (non-hydrogen) atoms. The van der Waals surface area contributed by atoms with Crippen LogP contribution in [0.2, 0.25) is 0 Å². The third kappa shape index (κ3) is 2.11. The molecule has 2 rings (SSSR count). The van der Waals surface area contributed by atoms with Crippen molar-refractivity contribution >= 4 is 15.8 Å². The summed E-state index contributed by atoms with van der Waals surface area (Å²) in [6.07, 6.45) is 1.49. The summed E-state index contributed by atoms with van der Waals surface area (Å²) in [5.41, 5.74) is 2.16. The lowest BCUT2D eigenvalue weighted by Crippen LogP contribution is -2.31. The maximum atomic E-state index is 12.4. The SMILES string of the molecule is CC1(C)C(NS(=O)(=O)c2cccnc2NN)C1(C)C. The number of nitrogen functional groups attached to an aromatic ring is 1. The van der Waals surface area contributed by atoms with Crippen LogP contribution in [-0.4, -0.2) is 19.4 Å². The van der Waals surface area contributed by atoms with Crippen LogP contribution in [0, 0.1) is 10.8 Å². The van der Waals surface area contributed by atoms with Gasteiger partial charge in [-0.1, -0.05) is 27.7 Å². The lowest BCUT2D eigenvalue weighted by Gasteiger charge is -2.11. The highest BCUT2D eigenvalue weighted by atomic mass is 32.2. The van der Waals surface area contributed by atoms with Gasteiger partial charge in [-0.3, -0.25) is 0 Å². The van der Waals surface area contributed by atoms with E-state index in [1.807, 2.05) is 27.7 Å². The molecule has 0 unspecified atom stereocenters. The van der Waals surface area contributed by atoms with Gasteiger partial charge in [0, 0.05) is 12.2 Å². The first-order chi connectivity index (χ1) is 8.64. The summed E-state index contributed by atoms with van der Waals surface area (Å²) in [4.78, 5) is 3.97. The van der Waals surface area contributed by atoms with E-state index in [9.17, 15) is 8.42 Å². The van der Waals surface area contributed by atoms with Crippen LogP contribution in [0.25, 0.3) is 0 Å². The zero-order chi connectivity index (χ0) is 14.5. The summed E-state index contributed by atoms with van der Waals surface area (Å²) in [5, 5.41) is 0. The first kappa shape index (κ1) is 14.2. The standard InChI is InChI=1S/C12H20N4O2S/c1-11(2)10(12(11,3)4)16-19(17,18)8-6-5-7-14-9(8)15-13/h5-7,10,16H,13H2,1-4H3,(H,14,15). The van der Waals surface area contributed by atoms with E-state index in [2.05, 4.69) is 15.1 Å². The fourth-order valence-electron chi connectivity index (χ4n) is 2.43. The van der Waals surface area contributed by atoms with Crippen molar-refractivity contribution in [1.29, 1.82) is 0 Å². The molecule has 1 aromatic rings. The lowest BCUT2D eigenvalue weighted by molar-refractivity contribution is 0.457. The van der Waals surface area contributed by atoms with Crippen LogP contribution in [-0.2, 0) is 10.0 Å². The van der Waals surface area contributed by atoms with Gasteiger partial charge < -0.3 is 5.43 Å². The van der Waals surface area contributed by atoms with Crippen LogP contribution in [0.3, 0.4) is 0 Å². The largest absolute Gasteiger partial charge is 0.307 e. The van der Waals surface area contributed by atoms with E-state index in [0.717, 1.165) is 0 Å². The van der Waals surface area contributed by atoms with Crippen molar-refractivity contribution in [2.24, 2.45) is 16.7 Å². The minimum atomic E-state index is -3.64. The number of aromatic nitrogens is 1. The Bertz CT molecular complexity index is 582. The number of hydrogen-bond acceptors (Lipinski definition) is 5. The van der Waals surface area contributed by atoms with Gasteiger partial charge >= 0.3 is 0 Å². The molecule has 4 N–H and O–H groups in total. The Labute approximate surface area is 113 Å². The zero-order valence-corrected chi connectivity index (χ0v) is 12.4. The number of pyridine rings is 1. The predicted octanol–water partition coefficient (Wildman–Crippen LogP) is 1.08. The number of nitrogens with zero attached hydrogens (tertiary/aromatic N) is 1. The van der Waals surface area contributed by atoms with E-state index < -0.39 is 10.0 Å². The number of hydrazine groups is 1. The summed E-state index contributed by atoms with van der Waals surface area (Å²) in [6, 6.07) is 2.95. The Morgan fingerprint density at radius 3 is 2.32 bits per heavy atom. The van der Waals surface area contributed by atoms with Crippen molar-refractivity contribution < 1.29 is 8.42 Å². The topological polar surface area (TPSA) is 97.1 Å². The summed E-state index contributed by atoms with van der Waals surface area (Å²) >= 11 is 0. The second-order valence-electron chi connectivity index (χ2n) is 5.99. The molecular weight excluding hydrogens is 264 g/mol. The average molecular weight is 284 g/mol. The number of hydrogen-bond donors (Lipinski definition) is 3. The molecule has 6 nitrogen and oxygen atoms in total. The molecule has 0 saturated heterocycles. The van der Waals surface area contributed by atoms with Gasteiger partial charge in [0.1, 0.15) is 4.90 Å². The van der Waals surface area contributed by atoms with Crippen LogP contribution in [0.5, 0.6) is 0 Å². The monoisotopic (exact) mass is 284 g/mol. The molecule has 1 aliphatic rings. The van der Waals surface area contributed by atoms with Gasteiger partial charge in [0.15, 0.2) is 5.82 Å². The van der Waals surface area contributed by atoms with Crippen LogP contribution >= 0.6 is 0 Å². The number of nitrogens with one attached hydrogen (secondary N) is 2. The maximum absolute atomic E-state index is 12.4. The van der Waals surface area contributed by atoms with E-state index in [1.54, 1.807) is 6.07 Å². The molecule has 1 heterocycles. The first-order valence-corrected chi connectivity index (χ1v) is 7.57. The number of anilines is 1. The minimum Gasteiger partial charge on any atom is -0.307 e. The summed E-state index contributed by atoms with van der Waals surface area (Å²) < 4.78 is 27.5. The fraction of sp³-hybridized carbons (Fsp3) is 0.583. The zero-order valence-electron chi connectivity index (χ0n) is 11.6. The van der Waals surface area contributed by atoms with Crippen LogP contribution < -0.4 is 16.0 Å². The Balaban J connectivity index is 2.31. The van der Waals surface area contributed by atoms with Gasteiger partial charge in [0.2, 0.25) is 10.0 Å². The van der Waals surface area contributed by atoms with Crippen molar-refractivity contribution in [3.8, 4) is 0 Å². The average Bonchev–Trinajstić information content (AvgIpc) is 2.71. The van der Waals surface area contributed by atoms with E-state index in [1.165, 1.54) is 12.3 Å². The molecule has 0 aromatic carbocycles. The maximum Gasteiger partial charge on any atom is 0.244 e. The van der Waals surface area contributed by atoms with E-state index in [4.69, 9.17) is 5.84 Å². The third-order valence-electron chi connectivity index (χ3n) is 4.49. The molecule has 0 radical (unpaired) electrons. The molecule has 0 aliphatic heterocycles. The molecule has 0 atom stereocenters. The van der Waals surface area contributed by atoms with Gasteiger partial charge in [-0.05, 0) is 23.0 Å². The fourth-order valence-corrected chi connectivity index (χ4v) is 4.08. The van der Waals surface area contributed by atoms with Gasteiger partial charge in [0.25, 0.3) is 0 Å². The normalized spacial score (nSPS) is 21.1. The quantitative estimate of drug-likeness (QED) is 0.568. The molecular formula is C12H20N4O2S. The van der Waals surface area contributed by atoms with Gasteiger partial charge in [-0.25, -0.2) is 24.0 Å². The summed E-state index contributed by atoms with van der Waals surface area (Å²) in [5.74, 6) is 5.44. The molecule has 7 heteroatoms. The molecule has 1 fully saturated rings. The highest BCUT2D eigenvalue weighted by Gasteiger charge is 2.66. The summed E-state index contributed by atoms with van der Waals surface area (Å²) in [6.45, 7) is 8.19. The lowest BCUT2D eigenvalue weighted by atomic mass is 10.0. The minimum absolute atomic E-state index is 0.0657. The summed E-state index contributed by atoms with van der Waals surface area (Å²) in [7, 11) is -3.64. The van der Waals surface area contributed by atoms with Gasteiger partial charge in [-0.2, -0.15) is 0 Å². The van der Waals surface area contributed by atoms with Crippen molar-refractivity contribution in [2.75, 3.05) is 5.43 Å². The molecule has 0 spiro atoms. The second-order valence-corrected chi connectivity index (χ2v) is 7.67. The highest BCUT2D eigenvalue weighted by Crippen LogP contribution is 2.62. The van der Waals surface area contributed by atoms with Gasteiger partial charge in [-0.15, -0.1) is 0 Å². The molecule has 106 valence electrons. The Hall–Kier alpha value is -1.18. The molecule has 0 bridgehead atoms. The number of nitrogens with two attached hydrogens (primary N) is 1. The van der Waals surface area contributed by atoms with Crippen molar-refractivity contribution in [3.05, 3.63) is 18.3 Å². The molecule has 1 aliphatic carbocycles. The predicted molar refractivity (Wildman–Crippen MR) is 73.7 cm³/mol. The molecule has 1 saturated carbocycles. The van der Waals surface area contributed by atoms with Gasteiger partial charge in [0.05, 0.1) is 0 Å². The van der Waals surface area contributed by atoms with E-state index in [0.29, 0.717) is 0 Å². The second kappa shape index (κ2) is 4.16. The van der Waals surface area contributed by atoms with E-state index in [-0.39, 0.29) is 27.6 Å².